The minimum atomic E-state index is 0. The SMILES string of the molecule is Brc1ccccn1.[H-].[Li+]. The van der Waals surface area contributed by atoms with Crippen molar-refractivity contribution in [2.45, 2.75) is 0 Å². The number of aromatic nitrogens is 1. The first kappa shape index (κ1) is 8.23. The molecule has 0 atom stereocenters. The Bertz CT molecular complexity index is 147. The molecule has 0 saturated heterocycles. The fourth-order valence-electron chi connectivity index (χ4n) is 0.342. The van der Waals surface area contributed by atoms with Gasteiger partial charge in [-0.25, -0.2) is 4.98 Å². The molecule has 0 bridgehead atoms. The second-order valence-electron chi connectivity index (χ2n) is 1.15. The molecule has 0 aliphatic rings. The Morgan fingerprint density at radius 2 is 2.25 bits per heavy atom. The predicted molar refractivity (Wildman–Crippen MR) is 33.0 cm³/mol. The van der Waals surface area contributed by atoms with Crippen molar-refractivity contribution < 1.29 is 20.3 Å². The quantitative estimate of drug-likeness (QED) is 0.354. The zero-order chi connectivity index (χ0) is 5.11. The van der Waals surface area contributed by atoms with Gasteiger partial charge in [0.25, 0.3) is 0 Å². The first-order valence-electron chi connectivity index (χ1n) is 1.96. The molecule has 0 N–H and O–H groups in total. The van der Waals surface area contributed by atoms with E-state index < -0.39 is 0 Å². The van der Waals surface area contributed by atoms with Crippen LogP contribution in [0.5, 0.6) is 0 Å². The van der Waals surface area contributed by atoms with Crippen molar-refractivity contribution in [2.75, 3.05) is 0 Å². The summed E-state index contributed by atoms with van der Waals surface area (Å²) in [6.07, 6.45) is 1.74. The molecule has 1 aromatic heterocycles. The molecular formula is C5H5BrLiN. The molecule has 0 aliphatic carbocycles. The number of rotatable bonds is 0. The molecule has 0 aromatic carbocycles. The van der Waals surface area contributed by atoms with Gasteiger partial charge >= 0.3 is 18.9 Å². The summed E-state index contributed by atoms with van der Waals surface area (Å²) in [5.41, 5.74) is 0. The van der Waals surface area contributed by atoms with Crippen molar-refractivity contribution >= 4 is 15.9 Å². The number of hydrogen-bond acceptors (Lipinski definition) is 1. The summed E-state index contributed by atoms with van der Waals surface area (Å²) in [5.74, 6) is 0. The van der Waals surface area contributed by atoms with Crippen LogP contribution in [0.3, 0.4) is 0 Å². The van der Waals surface area contributed by atoms with Crippen molar-refractivity contribution in [1.82, 2.24) is 4.98 Å². The summed E-state index contributed by atoms with van der Waals surface area (Å²) >= 11 is 3.20. The van der Waals surface area contributed by atoms with Crippen LogP contribution in [0.4, 0.5) is 0 Å². The molecule has 0 saturated carbocycles. The topological polar surface area (TPSA) is 12.9 Å². The Morgan fingerprint density at radius 3 is 2.50 bits per heavy atom. The molecule has 0 aliphatic heterocycles. The van der Waals surface area contributed by atoms with E-state index in [1.54, 1.807) is 6.20 Å². The van der Waals surface area contributed by atoms with E-state index in [0.717, 1.165) is 4.60 Å². The Balaban J connectivity index is 0. The third kappa shape index (κ3) is 2.51. The minimum Gasteiger partial charge on any atom is -1.00 e. The standard InChI is InChI=1S/C5H4BrN.Li.H/c6-5-3-1-2-4-7-5;;/h1-4H;;/q;+1;-1. The molecule has 1 rings (SSSR count). The van der Waals surface area contributed by atoms with E-state index in [0.29, 0.717) is 0 Å². The van der Waals surface area contributed by atoms with Crippen LogP contribution >= 0.6 is 15.9 Å². The van der Waals surface area contributed by atoms with Crippen LogP contribution in [0.2, 0.25) is 0 Å². The van der Waals surface area contributed by atoms with E-state index in [-0.39, 0.29) is 20.3 Å². The maximum Gasteiger partial charge on any atom is 1.00 e. The first-order valence-corrected chi connectivity index (χ1v) is 2.75. The van der Waals surface area contributed by atoms with Crippen molar-refractivity contribution in [2.24, 2.45) is 0 Å². The summed E-state index contributed by atoms with van der Waals surface area (Å²) in [5, 5.41) is 0. The molecule has 0 spiro atoms. The molecule has 1 heterocycles. The van der Waals surface area contributed by atoms with Gasteiger partial charge in [0.15, 0.2) is 0 Å². The second kappa shape index (κ2) is 4.14. The molecule has 0 unspecified atom stereocenters. The largest absolute Gasteiger partial charge is 1.00 e. The predicted octanol–water partition coefficient (Wildman–Crippen LogP) is -1.04. The van der Waals surface area contributed by atoms with E-state index in [1.165, 1.54) is 0 Å². The van der Waals surface area contributed by atoms with E-state index in [1.807, 2.05) is 18.2 Å². The van der Waals surface area contributed by atoms with Crippen molar-refractivity contribution in [1.29, 1.82) is 0 Å². The Labute approximate surface area is 70.3 Å². The average molecular weight is 166 g/mol. The van der Waals surface area contributed by atoms with Gasteiger partial charge in [0.05, 0.1) is 0 Å². The van der Waals surface area contributed by atoms with E-state index >= 15 is 0 Å². The summed E-state index contributed by atoms with van der Waals surface area (Å²) in [6, 6.07) is 5.70. The molecule has 0 fully saturated rings. The number of pyridine rings is 1. The molecule has 3 heteroatoms. The van der Waals surface area contributed by atoms with Crippen LogP contribution in [0.25, 0.3) is 0 Å². The third-order valence-corrected chi connectivity index (χ3v) is 1.10. The summed E-state index contributed by atoms with van der Waals surface area (Å²) in [7, 11) is 0. The molecule has 0 amide bonds. The Kier molecular flexibility index (Phi) is 4.26. The maximum absolute atomic E-state index is 3.90. The third-order valence-electron chi connectivity index (χ3n) is 0.629. The maximum atomic E-state index is 3.90. The van der Waals surface area contributed by atoms with Crippen LogP contribution in [-0.2, 0) is 0 Å². The second-order valence-corrected chi connectivity index (χ2v) is 1.96. The van der Waals surface area contributed by atoms with Gasteiger partial charge in [0, 0.05) is 6.20 Å². The van der Waals surface area contributed by atoms with Gasteiger partial charge in [0.2, 0.25) is 0 Å². The zero-order valence-corrected chi connectivity index (χ0v) is 6.22. The fourth-order valence-corrected chi connectivity index (χ4v) is 0.613. The number of nitrogens with zero attached hydrogens (tertiary/aromatic N) is 1. The molecular weight excluding hydrogens is 161 g/mol. The van der Waals surface area contributed by atoms with Gasteiger partial charge in [0.1, 0.15) is 4.60 Å². The smallest absolute Gasteiger partial charge is 1.00 e. The van der Waals surface area contributed by atoms with Crippen molar-refractivity contribution in [3.8, 4) is 0 Å². The van der Waals surface area contributed by atoms with Gasteiger partial charge in [-0.15, -0.1) is 0 Å². The molecule has 8 heavy (non-hydrogen) atoms. The van der Waals surface area contributed by atoms with Crippen LogP contribution in [0.15, 0.2) is 29.0 Å². The van der Waals surface area contributed by atoms with Crippen molar-refractivity contribution in [3.63, 3.8) is 0 Å². The van der Waals surface area contributed by atoms with Crippen molar-refractivity contribution in [3.05, 3.63) is 29.0 Å². The molecule has 1 nitrogen and oxygen atoms in total. The molecule has 1 aromatic rings. The van der Waals surface area contributed by atoms with Crippen LogP contribution in [0.1, 0.15) is 1.43 Å². The Hall–Kier alpha value is 0.227. The number of hydrogen-bond donors (Lipinski definition) is 0. The van der Waals surface area contributed by atoms with E-state index in [2.05, 4.69) is 20.9 Å². The van der Waals surface area contributed by atoms with Gasteiger partial charge in [-0.3, -0.25) is 0 Å². The average Bonchev–Trinajstić information content (AvgIpc) is 1.69. The van der Waals surface area contributed by atoms with Crippen LogP contribution in [0, 0.1) is 0 Å². The van der Waals surface area contributed by atoms with E-state index in [4.69, 9.17) is 0 Å². The molecule has 0 radical (unpaired) electrons. The summed E-state index contributed by atoms with van der Waals surface area (Å²) in [6.45, 7) is 0. The van der Waals surface area contributed by atoms with Gasteiger partial charge in [-0.2, -0.15) is 0 Å². The minimum absolute atomic E-state index is 0. The van der Waals surface area contributed by atoms with Gasteiger partial charge < -0.3 is 1.43 Å². The Morgan fingerprint density at radius 1 is 1.50 bits per heavy atom. The monoisotopic (exact) mass is 165 g/mol. The van der Waals surface area contributed by atoms with Gasteiger partial charge in [-0.1, -0.05) is 6.07 Å². The first-order chi connectivity index (χ1) is 3.39. The van der Waals surface area contributed by atoms with E-state index in [9.17, 15) is 0 Å². The summed E-state index contributed by atoms with van der Waals surface area (Å²) < 4.78 is 0.884. The van der Waals surface area contributed by atoms with Crippen LogP contribution in [-0.4, -0.2) is 4.98 Å². The number of halogens is 1. The molecule has 38 valence electrons. The normalized spacial score (nSPS) is 7.62. The summed E-state index contributed by atoms with van der Waals surface area (Å²) in [4.78, 5) is 3.90. The zero-order valence-electron chi connectivity index (χ0n) is 5.63. The fraction of sp³-hybridized carbons (Fsp3) is 0. The van der Waals surface area contributed by atoms with Crippen LogP contribution < -0.4 is 18.9 Å². The van der Waals surface area contributed by atoms with Gasteiger partial charge in [-0.05, 0) is 28.1 Å².